The fraction of sp³-hybridized carbons (Fsp3) is 0.533. The molecule has 0 aromatic heterocycles. The van der Waals surface area contributed by atoms with Gasteiger partial charge in [-0.3, -0.25) is 0 Å². The molecule has 1 aliphatic heterocycles. The number of carbonyl (C=O) groups is 1. The Hall–Kier alpha value is -1.71. The maximum atomic E-state index is 11.9. The first-order chi connectivity index (χ1) is 9.24. The maximum Gasteiger partial charge on any atom is 0.317 e. The molecule has 0 saturated carbocycles. The second-order valence-corrected chi connectivity index (χ2v) is 4.85. The van der Waals surface area contributed by atoms with Crippen molar-refractivity contribution in [2.45, 2.75) is 20.3 Å². The minimum absolute atomic E-state index is 0.0175. The molecule has 1 heterocycles. The number of nitrogens with zero attached hydrogens (tertiary/aromatic N) is 1. The number of benzene rings is 1. The molecule has 2 amide bonds. The lowest BCUT2D eigenvalue weighted by Gasteiger charge is -2.26. The van der Waals surface area contributed by atoms with E-state index < -0.39 is 0 Å². The molecule has 0 saturated heterocycles. The highest BCUT2D eigenvalue weighted by Crippen LogP contribution is 2.26. The summed E-state index contributed by atoms with van der Waals surface area (Å²) in [6.45, 7) is 6.81. The highest BCUT2D eigenvalue weighted by Gasteiger charge is 2.20. The Balaban J connectivity index is 1.84. The van der Waals surface area contributed by atoms with Crippen LogP contribution >= 0.6 is 0 Å². The highest BCUT2D eigenvalue weighted by molar-refractivity contribution is 5.74. The van der Waals surface area contributed by atoms with Gasteiger partial charge in [-0.25, -0.2) is 4.79 Å². The quantitative estimate of drug-likeness (QED) is 0.904. The molecule has 1 atom stereocenters. The Bertz CT molecular complexity index is 430. The van der Waals surface area contributed by atoms with E-state index in [1.54, 1.807) is 4.90 Å². The van der Waals surface area contributed by atoms with Crippen LogP contribution in [0.1, 0.15) is 19.4 Å². The molecule has 0 aliphatic carbocycles. The molecule has 104 valence electrons. The van der Waals surface area contributed by atoms with Gasteiger partial charge >= 0.3 is 6.03 Å². The van der Waals surface area contributed by atoms with Crippen molar-refractivity contribution in [3.05, 3.63) is 29.8 Å². The van der Waals surface area contributed by atoms with Gasteiger partial charge in [0.05, 0.1) is 6.61 Å². The van der Waals surface area contributed by atoms with E-state index in [1.165, 1.54) is 5.56 Å². The van der Waals surface area contributed by atoms with Crippen LogP contribution in [0.15, 0.2) is 24.3 Å². The van der Waals surface area contributed by atoms with Gasteiger partial charge in [0.1, 0.15) is 5.75 Å². The van der Waals surface area contributed by atoms with Gasteiger partial charge in [0.15, 0.2) is 0 Å². The van der Waals surface area contributed by atoms with Crippen molar-refractivity contribution in [2.75, 3.05) is 26.2 Å². The molecule has 19 heavy (non-hydrogen) atoms. The first kappa shape index (κ1) is 13.7. The minimum atomic E-state index is 0.0175. The summed E-state index contributed by atoms with van der Waals surface area (Å²) in [5.41, 5.74) is 1.23. The first-order valence-corrected chi connectivity index (χ1v) is 6.98. The topological polar surface area (TPSA) is 41.6 Å². The lowest BCUT2D eigenvalue weighted by atomic mass is 9.97. The standard InChI is InChI=1S/C15H22N2O2/c1-3-17(4-2)15(18)16-10-12-9-13-7-5-6-8-14(13)19-11-12/h5-8,12H,3-4,9-11H2,1-2H3,(H,16,18). The molecule has 0 radical (unpaired) electrons. The zero-order chi connectivity index (χ0) is 13.7. The predicted molar refractivity (Wildman–Crippen MR) is 75.5 cm³/mol. The zero-order valence-electron chi connectivity index (χ0n) is 11.7. The fourth-order valence-electron chi connectivity index (χ4n) is 2.38. The van der Waals surface area contributed by atoms with Crippen molar-refractivity contribution in [2.24, 2.45) is 5.92 Å². The number of ether oxygens (including phenoxy) is 1. The molecule has 0 bridgehead atoms. The number of rotatable bonds is 4. The van der Waals surface area contributed by atoms with Crippen LogP contribution in [0.2, 0.25) is 0 Å². The third kappa shape index (κ3) is 3.40. The summed E-state index contributed by atoms with van der Waals surface area (Å²) in [7, 11) is 0. The van der Waals surface area contributed by atoms with Crippen molar-refractivity contribution in [1.29, 1.82) is 0 Å². The summed E-state index contributed by atoms with van der Waals surface area (Å²) in [6.07, 6.45) is 0.967. The van der Waals surface area contributed by atoms with E-state index in [4.69, 9.17) is 4.74 Å². The van der Waals surface area contributed by atoms with E-state index in [0.29, 0.717) is 19.1 Å². The van der Waals surface area contributed by atoms with E-state index in [2.05, 4.69) is 11.4 Å². The van der Waals surface area contributed by atoms with E-state index >= 15 is 0 Å². The number of fused-ring (bicyclic) bond motifs is 1. The third-order valence-corrected chi connectivity index (χ3v) is 3.55. The van der Waals surface area contributed by atoms with Crippen LogP contribution in [0.25, 0.3) is 0 Å². The summed E-state index contributed by atoms with van der Waals surface area (Å²) in [6, 6.07) is 8.12. The average Bonchev–Trinajstić information content (AvgIpc) is 2.46. The Morgan fingerprint density at radius 2 is 2.11 bits per heavy atom. The largest absolute Gasteiger partial charge is 0.493 e. The number of hydrogen-bond donors (Lipinski definition) is 1. The van der Waals surface area contributed by atoms with Crippen molar-refractivity contribution >= 4 is 6.03 Å². The first-order valence-electron chi connectivity index (χ1n) is 6.98. The Labute approximate surface area is 114 Å². The van der Waals surface area contributed by atoms with Gasteiger partial charge in [0.25, 0.3) is 0 Å². The average molecular weight is 262 g/mol. The third-order valence-electron chi connectivity index (χ3n) is 3.55. The fourth-order valence-corrected chi connectivity index (χ4v) is 2.38. The Morgan fingerprint density at radius 3 is 2.84 bits per heavy atom. The van der Waals surface area contributed by atoms with Gasteiger partial charge in [0, 0.05) is 25.6 Å². The van der Waals surface area contributed by atoms with Gasteiger partial charge < -0.3 is 15.0 Å². The summed E-state index contributed by atoms with van der Waals surface area (Å²) >= 11 is 0. The number of amides is 2. The van der Waals surface area contributed by atoms with Crippen LogP contribution in [0.4, 0.5) is 4.79 Å². The summed E-state index contributed by atoms with van der Waals surface area (Å²) in [5.74, 6) is 1.34. The summed E-state index contributed by atoms with van der Waals surface area (Å²) < 4.78 is 5.72. The highest BCUT2D eigenvalue weighted by atomic mass is 16.5. The summed E-state index contributed by atoms with van der Waals surface area (Å²) in [5, 5.41) is 2.99. The van der Waals surface area contributed by atoms with Crippen LogP contribution < -0.4 is 10.1 Å². The molecule has 2 rings (SSSR count). The van der Waals surface area contributed by atoms with Crippen LogP contribution in [-0.2, 0) is 6.42 Å². The zero-order valence-corrected chi connectivity index (χ0v) is 11.7. The van der Waals surface area contributed by atoms with E-state index in [-0.39, 0.29) is 6.03 Å². The second-order valence-electron chi connectivity index (χ2n) is 4.85. The van der Waals surface area contributed by atoms with Gasteiger partial charge in [-0.2, -0.15) is 0 Å². The second kappa shape index (κ2) is 6.45. The van der Waals surface area contributed by atoms with E-state index in [9.17, 15) is 4.79 Å². The van der Waals surface area contributed by atoms with Crippen LogP contribution in [-0.4, -0.2) is 37.2 Å². The van der Waals surface area contributed by atoms with E-state index in [1.807, 2.05) is 32.0 Å². The van der Waals surface area contributed by atoms with E-state index in [0.717, 1.165) is 25.3 Å². The molecular formula is C15H22N2O2. The Kier molecular flexibility index (Phi) is 4.66. The lowest BCUT2D eigenvalue weighted by Crippen LogP contribution is -2.43. The number of hydrogen-bond acceptors (Lipinski definition) is 2. The minimum Gasteiger partial charge on any atom is -0.493 e. The molecule has 1 aromatic carbocycles. The lowest BCUT2D eigenvalue weighted by molar-refractivity contribution is 0.190. The van der Waals surface area contributed by atoms with Gasteiger partial charge in [-0.1, -0.05) is 18.2 Å². The summed E-state index contributed by atoms with van der Waals surface area (Å²) in [4.78, 5) is 13.7. The molecule has 0 spiro atoms. The number of carbonyl (C=O) groups excluding carboxylic acids is 1. The smallest absolute Gasteiger partial charge is 0.317 e. The van der Waals surface area contributed by atoms with Crippen LogP contribution in [0, 0.1) is 5.92 Å². The normalized spacial score (nSPS) is 17.3. The Morgan fingerprint density at radius 1 is 1.37 bits per heavy atom. The molecule has 1 N–H and O–H groups in total. The molecule has 4 heteroatoms. The van der Waals surface area contributed by atoms with Crippen molar-refractivity contribution in [3.63, 3.8) is 0 Å². The molecular weight excluding hydrogens is 240 g/mol. The maximum absolute atomic E-state index is 11.9. The van der Waals surface area contributed by atoms with Gasteiger partial charge in [-0.05, 0) is 31.9 Å². The molecule has 1 aliphatic rings. The van der Waals surface area contributed by atoms with Gasteiger partial charge in [0.2, 0.25) is 0 Å². The van der Waals surface area contributed by atoms with Crippen LogP contribution in [0.5, 0.6) is 5.75 Å². The number of urea groups is 1. The SMILES string of the molecule is CCN(CC)C(=O)NCC1COc2ccccc2C1. The number of nitrogens with one attached hydrogen (secondary N) is 1. The number of para-hydroxylation sites is 1. The van der Waals surface area contributed by atoms with Gasteiger partial charge in [-0.15, -0.1) is 0 Å². The molecule has 1 aromatic rings. The molecule has 0 fully saturated rings. The predicted octanol–water partition coefficient (Wildman–Crippen LogP) is 2.29. The molecule has 1 unspecified atom stereocenters. The van der Waals surface area contributed by atoms with Crippen molar-refractivity contribution < 1.29 is 9.53 Å². The van der Waals surface area contributed by atoms with Crippen molar-refractivity contribution in [1.82, 2.24) is 10.2 Å². The monoisotopic (exact) mass is 262 g/mol. The van der Waals surface area contributed by atoms with Crippen molar-refractivity contribution in [3.8, 4) is 5.75 Å². The van der Waals surface area contributed by atoms with Crippen LogP contribution in [0.3, 0.4) is 0 Å². The molecule has 4 nitrogen and oxygen atoms in total.